The Kier molecular flexibility index (Phi) is 6.24. The van der Waals surface area contributed by atoms with Crippen molar-refractivity contribution in [2.75, 3.05) is 4.90 Å². The first kappa shape index (κ1) is 23.6. The molecule has 2 heterocycles. The van der Waals surface area contributed by atoms with Crippen LogP contribution in [-0.4, -0.2) is 28.1 Å². The fourth-order valence-corrected chi connectivity index (χ4v) is 3.86. The van der Waals surface area contributed by atoms with E-state index in [1.165, 1.54) is 42.7 Å². The largest absolute Gasteiger partial charge is 0.573 e. The van der Waals surface area contributed by atoms with Crippen LogP contribution in [0.25, 0.3) is 5.76 Å². The second-order valence-electron chi connectivity index (χ2n) is 7.13. The average Bonchev–Trinajstić information content (AvgIpc) is 3.06. The van der Waals surface area contributed by atoms with E-state index < -0.39 is 35.6 Å². The van der Waals surface area contributed by atoms with E-state index in [2.05, 4.69) is 9.72 Å². The Morgan fingerprint density at radius 3 is 2.32 bits per heavy atom. The number of ketones is 1. The van der Waals surface area contributed by atoms with Crippen molar-refractivity contribution in [1.82, 2.24) is 4.98 Å². The number of carbonyl (C=O) groups is 2. The molecular weight excluding hydrogens is 496 g/mol. The van der Waals surface area contributed by atoms with Gasteiger partial charge in [-0.2, -0.15) is 0 Å². The molecule has 34 heavy (non-hydrogen) atoms. The molecule has 1 aromatic heterocycles. The predicted octanol–water partition coefficient (Wildman–Crippen LogP) is 5.91. The van der Waals surface area contributed by atoms with Crippen molar-refractivity contribution in [3.05, 3.63) is 93.7 Å². The highest BCUT2D eigenvalue weighted by Gasteiger charge is 2.47. The lowest BCUT2D eigenvalue weighted by Crippen LogP contribution is -2.29. The number of amides is 1. The van der Waals surface area contributed by atoms with Crippen LogP contribution in [0.15, 0.2) is 72.6 Å². The van der Waals surface area contributed by atoms with Crippen molar-refractivity contribution in [3.8, 4) is 5.75 Å². The average molecular weight is 509 g/mol. The highest BCUT2D eigenvalue weighted by molar-refractivity contribution is 6.51. The normalized spacial score (nSPS) is 17.8. The van der Waals surface area contributed by atoms with E-state index in [1.54, 1.807) is 12.1 Å². The molecule has 6 nitrogen and oxygen atoms in total. The Balaban J connectivity index is 1.85. The molecule has 0 spiro atoms. The van der Waals surface area contributed by atoms with Gasteiger partial charge in [0.25, 0.3) is 11.7 Å². The number of ether oxygens (including phenoxy) is 1. The number of aliphatic hydroxyl groups excluding tert-OH is 1. The number of pyridine rings is 1. The molecular formula is C23H13Cl2F3N2O4. The first-order chi connectivity index (χ1) is 16.1. The number of Topliss-reactive ketones (excluding diaryl/α,β-unsaturated/α-hetero) is 1. The third kappa shape index (κ3) is 4.57. The second kappa shape index (κ2) is 9.00. The van der Waals surface area contributed by atoms with Crippen molar-refractivity contribution >= 4 is 46.3 Å². The number of alkyl halides is 3. The minimum Gasteiger partial charge on any atom is -0.507 e. The van der Waals surface area contributed by atoms with Gasteiger partial charge in [-0.15, -0.1) is 13.2 Å². The van der Waals surface area contributed by atoms with Gasteiger partial charge in [0.05, 0.1) is 21.7 Å². The second-order valence-corrected chi connectivity index (χ2v) is 7.94. The molecule has 11 heteroatoms. The molecule has 1 N–H and O–H groups in total. The number of hydrogen-bond donors (Lipinski definition) is 1. The summed E-state index contributed by atoms with van der Waals surface area (Å²) in [5, 5.41) is 11.4. The van der Waals surface area contributed by atoms with E-state index in [9.17, 15) is 27.9 Å². The highest BCUT2D eigenvalue weighted by Crippen LogP contribution is 2.42. The Hall–Kier alpha value is -3.56. The fourth-order valence-electron chi connectivity index (χ4n) is 3.56. The monoisotopic (exact) mass is 508 g/mol. The first-order valence-electron chi connectivity index (χ1n) is 9.59. The van der Waals surface area contributed by atoms with Gasteiger partial charge in [0.15, 0.2) is 0 Å². The zero-order valence-corrected chi connectivity index (χ0v) is 18.4. The first-order valence-corrected chi connectivity index (χ1v) is 10.3. The molecule has 1 unspecified atom stereocenters. The smallest absolute Gasteiger partial charge is 0.507 e. The van der Waals surface area contributed by atoms with Crippen LogP contribution in [0.3, 0.4) is 0 Å². The summed E-state index contributed by atoms with van der Waals surface area (Å²) in [6.07, 6.45) is -1.99. The lowest BCUT2D eigenvalue weighted by atomic mass is 9.96. The summed E-state index contributed by atoms with van der Waals surface area (Å²) >= 11 is 12.0. The summed E-state index contributed by atoms with van der Waals surface area (Å²) < 4.78 is 41.4. The Morgan fingerprint density at radius 2 is 1.74 bits per heavy atom. The SMILES string of the molecule is O=C1C(=O)N(c2ccc(OC(F)(F)F)cc2)C(c2cccnc2)/C1=C(/O)c1ccc(Cl)c(Cl)c1. The maximum absolute atomic E-state index is 13.0. The standard InChI is InChI=1S/C23H13Cl2F3N2O4/c24-16-8-3-12(10-17(16)25)20(31)18-19(13-2-1-9-29-11-13)30(22(33)21(18)32)14-4-6-15(7-5-14)34-23(26,27)28/h1-11,19,31H/b20-18-. The molecule has 1 aliphatic heterocycles. The number of aromatic nitrogens is 1. The van der Waals surface area contributed by atoms with Crippen LogP contribution in [0.4, 0.5) is 18.9 Å². The van der Waals surface area contributed by atoms with Gasteiger partial charge in [-0.1, -0.05) is 29.3 Å². The van der Waals surface area contributed by atoms with E-state index in [0.717, 1.165) is 17.0 Å². The summed E-state index contributed by atoms with van der Waals surface area (Å²) in [4.78, 5) is 31.1. The zero-order valence-electron chi connectivity index (χ0n) is 16.9. The van der Waals surface area contributed by atoms with Crippen molar-refractivity contribution in [2.45, 2.75) is 12.4 Å². The number of hydrogen-bond acceptors (Lipinski definition) is 5. The maximum Gasteiger partial charge on any atom is 0.573 e. The van der Waals surface area contributed by atoms with Crippen molar-refractivity contribution < 1.29 is 32.6 Å². The fraction of sp³-hybridized carbons (Fsp3) is 0.0870. The minimum absolute atomic E-state index is 0.110. The number of halogens is 5. The van der Waals surface area contributed by atoms with E-state index >= 15 is 0 Å². The molecule has 4 rings (SSSR count). The Morgan fingerprint density at radius 1 is 1.03 bits per heavy atom. The molecule has 1 saturated heterocycles. The van der Waals surface area contributed by atoms with E-state index in [-0.39, 0.29) is 26.9 Å². The molecule has 1 fully saturated rings. The van der Waals surface area contributed by atoms with Crippen molar-refractivity contribution in [3.63, 3.8) is 0 Å². The molecule has 0 radical (unpaired) electrons. The zero-order chi connectivity index (χ0) is 24.6. The topological polar surface area (TPSA) is 79.7 Å². The Bertz CT molecular complexity index is 1300. The predicted molar refractivity (Wildman–Crippen MR) is 119 cm³/mol. The van der Waals surface area contributed by atoms with Gasteiger partial charge in [0.2, 0.25) is 0 Å². The van der Waals surface area contributed by atoms with Crippen LogP contribution < -0.4 is 9.64 Å². The van der Waals surface area contributed by atoms with Crippen molar-refractivity contribution in [1.29, 1.82) is 0 Å². The molecule has 2 aromatic carbocycles. The van der Waals surface area contributed by atoms with Crippen LogP contribution in [0.5, 0.6) is 5.75 Å². The molecule has 0 bridgehead atoms. The van der Waals surface area contributed by atoms with Crippen LogP contribution in [0.2, 0.25) is 10.0 Å². The summed E-state index contributed by atoms with van der Waals surface area (Å²) in [5.41, 5.74) is 0.403. The van der Waals surface area contributed by atoms with Crippen molar-refractivity contribution in [2.24, 2.45) is 0 Å². The van der Waals surface area contributed by atoms with Crippen LogP contribution in [0.1, 0.15) is 17.2 Å². The van der Waals surface area contributed by atoms with Crippen LogP contribution in [0, 0.1) is 0 Å². The van der Waals surface area contributed by atoms with Gasteiger partial charge < -0.3 is 9.84 Å². The van der Waals surface area contributed by atoms with E-state index in [4.69, 9.17) is 23.2 Å². The van der Waals surface area contributed by atoms with E-state index in [1.807, 2.05) is 0 Å². The molecule has 0 saturated carbocycles. The molecule has 3 aromatic rings. The highest BCUT2D eigenvalue weighted by atomic mass is 35.5. The van der Waals surface area contributed by atoms with Gasteiger partial charge in [-0.25, -0.2) is 0 Å². The number of benzene rings is 2. The van der Waals surface area contributed by atoms with Gasteiger partial charge in [-0.05, 0) is 54.1 Å². The number of rotatable bonds is 4. The van der Waals surface area contributed by atoms with Gasteiger partial charge in [0.1, 0.15) is 11.5 Å². The number of nitrogens with zero attached hydrogens (tertiary/aromatic N) is 2. The summed E-state index contributed by atoms with van der Waals surface area (Å²) in [5.74, 6) is -2.97. The maximum atomic E-state index is 13.0. The summed E-state index contributed by atoms with van der Waals surface area (Å²) in [7, 11) is 0. The minimum atomic E-state index is -4.89. The molecule has 0 aliphatic carbocycles. The lowest BCUT2D eigenvalue weighted by molar-refractivity contribution is -0.274. The van der Waals surface area contributed by atoms with Gasteiger partial charge in [-0.3, -0.25) is 19.5 Å². The third-order valence-electron chi connectivity index (χ3n) is 4.99. The molecule has 1 amide bonds. The third-order valence-corrected chi connectivity index (χ3v) is 5.73. The van der Waals surface area contributed by atoms with Gasteiger partial charge in [0, 0.05) is 23.6 Å². The molecule has 1 aliphatic rings. The summed E-state index contributed by atoms with van der Waals surface area (Å²) in [6, 6.07) is 10.7. The number of aliphatic hydroxyl groups is 1. The summed E-state index contributed by atoms with van der Waals surface area (Å²) in [6.45, 7) is 0. The van der Waals surface area contributed by atoms with Crippen LogP contribution in [-0.2, 0) is 9.59 Å². The Labute approximate surface area is 200 Å². The molecule has 1 atom stereocenters. The number of anilines is 1. The van der Waals surface area contributed by atoms with Crippen LogP contribution >= 0.6 is 23.2 Å². The van der Waals surface area contributed by atoms with E-state index in [0.29, 0.717) is 5.56 Å². The van der Waals surface area contributed by atoms with Gasteiger partial charge >= 0.3 is 6.36 Å². The quantitative estimate of drug-likeness (QED) is 0.269. The lowest BCUT2D eigenvalue weighted by Gasteiger charge is -2.25. The number of carbonyl (C=O) groups excluding carboxylic acids is 2. The molecule has 174 valence electrons.